The molecule has 4 nitrogen and oxygen atoms in total. The summed E-state index contributed by atoms with van der Waals surface area (Å²) in [6.07, 6.45) is -0.379. The zero-order valence-corrected chi connectivity index (χ0v) is 13.5. The molecule has 0 fully saturated rings. The number of para-hydroxylation sites is 1. The van der Waals surface area contributed by atoms with E-state index in [2.05, 4.69) is 0 Å². The number of hydrogen-bond acceptors (Lipinski definition) is 4. The van der Waals surface area contributed by atoms with Crippen molar-refractivity contribution in [1.82, 2.24) is 0 Å². The van der Waals surface area contributed by atoms with Crippen LogP contribution in [0, 0.1) is 6.92 Å². The molecule has 0 amide bonds. The average Bonchev–Trinajstić information content (AvgIpc) is 2.49. The lowest BCUT2D eigenvalue weighted by atomic mass is 9.99. The van der Waals surface area contributed by atoms with Gasteiger partial charge < -0.3 is 9.84 Å². The first kappa shape index (κ1) is 16.7. The second-order valence-electron chi connectivity index (χ2n) is 5.71. The third kappa shape index (κ3) is 4.19. The van der Waals surface area contributed by atoms with Crippen LogP contribution in [0.1, 0.15) is 46.5 Å². The number of Topliss-reactive ketones (excluding diaryl/α,β-unsaturated/α-hetero) is 2. The molecule has 4 heteroatoms. The second-order valence-corrected chi connectivity index (χ2v) is 5.71. The van der Waals surface area contributed by atoms with Gasteiger partial charge in [0, 0.05) is 0 Å². The number of phenolic OH excluding ortho intramolecular Hbond substituents is 1. The summed E-state index contributed by atoms with van der Waals surface area (Å²) in [5.74, 6) is -0.378. The molecule has 0 saturated carbocycles. The SMILES string of the molecule is Cc1ccc(O)c(C(=O)CC(=O)c2ccccc2OC(C)C)c1. The van der Waals surface area contributed by atoms with E-state index in [-0.39, 0.29) is 29.6 Å². The van der Waals surface area contributed by atoms with Crippen LogP contribution in [0.15, 0.2) is 42.5 Å². The summed E-state index contributed by atoms with van der Waals surface area (Å²) >= 11 is 0. The summed E-state index contributed by atoms with van der Waals surface area (Å²) in [4.78, 5) is 24.8. The lowest BCUT2D eigenvalue weighted by molar-refractivity contribution is 0.0890. The highest BCUT2D eigenvalue weighted by Crippen LogP contribution is 2.24. The van der Waals surface area contributed by atoms with Gasteiger partial charge in [-0.3, -0.25) is 9.59 Å². The Kier molecular flexibility index (Phi) is 5.16. The molecular formula is C19H20O4. The number of ether oxygens (including phenoxy) is 1. The number of aryl methyl sites for hydroxylation is 1. The van der Waals surface area contributed by atoms with E-state index in [1.165, 1.54) is 6.07 Å². The van der Waals surface area contributed by atoms with Crippen molar-refractivity contribution < 1.29 is 19.4 Å². The van der Waals surface area contributed by atoms with Crippen molar-refractivity contribution >= 4 is 11.6 Å². The zero-order valence-electron chi connectivity index (χ0n) is 13.5. The fourth-order valence-corrected chi connectivity index (χ4v) is 2.26. The van der Waals surface area contributed by atoms with Crippen molar-refractivity contribution in [3.05, 3.63) is 59.2 Å². The first-order valence-corrected chi connectivity index (χ1v) is 7.50. The predicted molar refractivity (Wildman–Crippen MR) is 88.3 cm³/mol. The van der Waals surface area contributed by atoms with Crippen LogP contribution < -0.4 is 4.74 Å². The molecule has 0 spiro atoms. The highest BCUT2D eigenvalue weighted by molar-refractivity contribution is 6.15. The van der Waals surface area contributed by atoms with E-state index in [1.54, 1.807) is 36.4 Å². The Morgan fingerprint density at radius 3 is 2.39 bits per heavy atom. The first-order valence-electron chi connectivity index (χ1n) is 7.50. The number of phenols is 1. The van der Waals surface area contributed by atoms with E-state index in [1.807, 2.05) is 20.8 Å². The van der Waals surface area contributed by atoms with Gasteiger partial charge in [0.1, 0.15) is 11.5 Å². The monoisotopic (exact) mass is 312 g/mol. The van der Waals surface area contributed by atoms with E-state index in [0.29, 0.717) is 11.3 Å². The quantitative estimate of drug-likeness (QED) is 0.648. The van der Waals surface area contributed by atoms with Gasteiger partial charge in [0.25, 0.3) is 0 Å². The van der Waals surface area contributed by atoms with Crippen LogP contribution in [0.25, 0.3) is 0 Å². The van der Waals surface area contributed by atoms with E-state index in [0.717, 1.165) is 5.56 Å². The number of aromatic hydroxyl groups is 1. The molecule has 0 saturated heterocycles. The Balaban J connectivity index is 2.22. The molecule has 0 aliphatic heterocycles. The van der Waals surface area contributed by atoms with Crippen molar-refractivity contribution in [1.29, 1.82) is 0 Å². The third-order valence-electron chi connectivity index (χ3n) is 3.32. The van der Waals surface area contributed by atoms with Gasteiger partial charge in [-0.1, -0.05) is 23.8 Å². The van der Waals surface area contributed by atoms with Crippen molar-refractivity contribution in [3.63, 3.8) is 0 Å². The normalized spacial score (nSPS) is 10.6. The maximum atomic E-state index is 12.4. The fraction of sp³-hybridized carbons (Fsp3) is 0.263. The summed E-state index contributed by atoms with van der Waals surface area (Å²) in [5.41, 5.74) is 1.39. The Morgan fingerprint density at radius 1 is 1.04 bits per heavy atom. The number of benzene rings is 2. The predicted octanol–water partition coefficient (Wildman–Crippen LogP) is 3.94. The van der Waals surface area contributed by atoms with Crippen LogP contribution in [-0.4, -0.2) is 22.8 Å². The van der Waals surface area contributed by atoms with Crippen molar-refractivity contribution in [2.24, 2.45) is 0 Å². The zero-order chi connectivity index (χ0) is 17.0. The molecule has 2 aromatic rings. The van der Waals surface area contributed by atoms with Gasteiger partial charge >= 0.3 is 0 Å². The van der Waals surface area contributed by atoms with E-state index in [9.17, 15) is 14.7 Å². The Morgan fingerprint density at radius 2 is 1.70 bits per heavy atom. The molecule has 0 heterocycles. The number of ketones is 2. The Bertz CT molecular complexity index is 732. The maximum Gasteiger partial charge on any atom is 0.174 e. The van der Waals surface area contributed by atoms with Crippen LogP contribution in [0.4, 0.5) is 0 Å². The van der Waals surface area contributed by atoms with Crippen molar-refractivity contribution in [2.45, 2.75) is 33.3 Å². The van der Waals surface area contributed by atoms with Gasteiger partial charge in [-0.05, 0) is 45.0 Å². The maximum absolute atomic E-state index is 12.4. The molecule has 0 aliphatic rings. The molecular weight excluding hydrogens is 292 g/mol. The summed E-state index contributed by atoms with van der Waals surface area (Å²) in [7, 11) is 0. The fourth-order valence-electron chi connectivity index (χ4n) is 2.26. The molecule has 23 heavy (non-hydrogen) atoms. The van der Waals surface area contributed by atoms with Gasteiger partial charge in [0.15, 0.2) is 11.6 Å². The summed E-state index contributed by atoms with van der Waals surface area (Å²) in [5, 5.41) is 9.81. The van der Waals surface area contributed by atoms with Gasteiger partial charge in [0.05, 0.1) is 23.7 Å². The van der Waals surface area contributed by atoms with E-state index in [4.69, 9.17) is 4.74 Å². The lowest BCUT2D eigenvalue weighted by Crippen LogP contribution is -2.13. The van der Waals surface area contributed by atoms with Crippen molar-refractivity contribution in [2.75, 3.05) is 0 Å². The molecule has 1 N–H and O–H groups in total. The third-order valence-corrected chi connectivity index (χ3v) is 3.32. The minimum Gasteiger partial charge on any atom is -0.507 e. The molecule has 0 aliphatic carbocycles. The Labute approximate surface area is 135 Å². The molecule has 120 valence electrons. The molecule has 0 radical (unpaired) electrons. The minimum absolute atomic E-state index is 0.0690. The lowest BCUT2D eigenvalue weighted by Gasteiger charge is -2.13. The Hall–Kier alpha value is -2.62. The smallest absolute Gasteiger partial charge is 0.174 e. The largest absolute Gasteiger partial charge is 0.507 e. The van der Waals surface area contributed by atoms with E-state index < -0.39 is 5.78 Å². The minimum atomic E-state index is -0.407. The second kappa shape index (κ2) is 7.09. The van der Waals surface area contributed by atoms with Crippen molar-refractivity contribution in [3.8, 4) is 11.5 Å². The molecule has 2 rings (SSSR count). The van der Waals surface area contributed by atoms with Gasteiger partial charge in [-0.15, -0.1) is 0 Å². The van der Waals surface area contributed by atoms with Gasteiger partial charge in [0.2, 0.25) is 0 Å². The van der Waals surface area contributed by atoms with Gasteiger partial charge in [-0.2, -0.15) is 0 Å². The van der Waals surface area contributed by atoms with Crippen LogP contribution in [0.3, 0.4) is 0 Å². The molecule has 2 aromatic carbocycles. The molecule has 0 bridgehead atoms. The number of carbonyl (C=O) groups is 2. The van der Waals surface area contributed by atoms with Crippen LogP contribution in [-0.2, 0) is 0 Å². The molecule has 0 unspecified atom stereocenters. The summed E-state index contributed by atoms with van der Waals surface area (Å²) in [6, 6.07) is 11.6. The molecule has 0 aromatic heterocycles. The van der Waals surface area contributed by atoms with Crippen LogP contribution >= 0.6 is 0 Å². The number of hydrogen-bond donors (Lipinski definition) is 1. The highest BCUT2D eigenvalue weighted by atomic mass is 16.5. The first-order chi connectivity index (χ1) is 10.9. The highest BCUT2D eigenvalue weighted by Gasteiger charge is 2.19. The van der Waals surface area contributed by atoms with E-state index >= 15 is 0 Å². The standard InChI is InChI=1S/C19H20O4/c1-12(2)23-19-7-5-4-6-14(19)17(21)11-18(22)15-10-13(3)8-9-16(15)20/h4-10,12,20H,11H2,1-3H3. The summed E-state index contributed by atoms with van der Waals surface area (Å²) < 4.78 is 5.62. The molecule has 0 atom stereocenters. The number of carbonyl (C=O) groups excluding carboxylic acids is 2. The average molecular weight is 312 g/mol. The van der Waals surface area contributed by atoms with Crippen LogP contribution in [0.5, 0.6) is 11.5 Å². The van der Waals surface area contributed by atoms with Gasteiger partial charge in [-0.25, -0.2) is 0 Å². The van der Waals surface area contributed by atoms with Crippen LogP contribution in [0.2, 0.25) is 0 Å². The number of rotatable bonds is 6. The summed E-state index contributed by atoms with van der Waals surface area (Å²) in [6.45, 7) is 5.57. The topological polar surface area (TPSA) is 63.6 Å².